The van der Waals surface area contributed by atoms with Crippen LogP contribution in [0.25, 0.3) is 0 Å². The molecule has 0 aliphatic carbocycles. The Morgan fingerprint density at radius 1 is 0.479 bits per heavy atom. The highest BCUT2D eigenvalue weighted by molar-refractivity contribution is 8.77. The van der Waals surface area contributed by atoms with E-state index >= 15 is 0 Å². The largest absolute Gasteiger partial charge is 0.465 e. The zero-order valence-electron chi connectivity index (χ0n) is 88.4. The van der Waals surface area contributed by atoms with Crippen molar-refractivity contribution in [2.45, 2.75) is 464 Å². The third kappa shape index (κ3) is 126. The predicted molar refractivity (Wildman–Crippen MR) is 548 cm³/mol. The number of aryl methyl sites for hydroxylation is 1. The Morgan fingerprint density at radius 2 is 0.926 bits per heavy atom. The fourth-order valence-corrected chi connectivity index (χ4v) is 12.6. The Kier molecular flexibility index (Phi) is 102. The number of imide groups is 1. The normalized spacial score (nSPS) is 12.3. The molecule has 1 saturated heterocycles. The van der Waals surface area contributed by atoms with Crippen molar-refractivity contribution in [1.29, 1.82) is 0 Å². The number of likely N-dealkylation sites (tertiary alicyclic amines) is 1. The lowest BCUT2D eigenvalue weighted by Crippen LogP contribution is -2.37. The van der Waals surface area contributed by atoms with Gasteiger partial charge in [0.15, 0.2) is 0 Å². The summed E-state index contributed by atoms with van der Waals surface area (Å²) in [5.41, 5.74) is 2.53. The second-order valence-electron chi connectivity index (χ2n) is 39.3. The number of nitrogens with zero attached hydrogens (tertiary/aromatic N) is 4. The lowest BCUT2D eigenvalue weighted by atomic mass is 10.0. The van der Waals surface area contributed by atoms with Crippen LogP contribution in [0.3, 0.4) is 0 Å². The molecule has 1 aliphatic rings. The number of carbonyl (C=O) groups excluding carboxylic acids is 6. The summed E-state index contributed by atoms with van der Waals surface area (Å²) < 4.78 is 17.1. The number of aromatic nitrogens is 3. The highest BCUT2D eigenvalue weighted by atomic mass is 33.1. The topological polar surface area (TPSA) is 200 Å². The van der Waals surface area contributed by atoms with Crippen LogP contribution in [0.15, 0.2) is 36.5 Å². The van der Waals surface area contributed by atoms with Gasteiger partial charge < -0.3 is 30.2 Å². The summed E-state index contributed by atoms with van der Waals surface area (Å²) in [5, 5.41) is 20.0. The Hall–Kier alpha value is -2.95. The van der Waals surface area contributed by atoms with Crippen molar-refractivity contribution in [1.82, 2.24) is 35.8 Å². The number of nitrogens with one attached hydrogen (secondary N) is 3. The summed E-state index contributed by atoms with van der Waals surface area (Å²) in [5.74, 6) is 9.58. The van der Waals surface area contributed by atoms with E-state index in [-0.39, 0.29) is 76.9 Å². The van der Waals surface area contributed by atoms with Crippen LogP contribution in [0, 0.1) is 65.1 Å². The van der Waals surface area contributed by atoms with Crippen molar-refractivity contribution in [3.05, 3.63) is 47.8 Å². The summed E-state index contributed by atoms with van der Waals surface area (Å²) in [6.07, 6.45) is 9.87. The molecular formula is C100H205N7O9S5. The average Bonchev–Trinajstić information content (AvgIpc) is 1.68. The Balaban J connectivity index is -0.000000139. The number of thioether (sulfide) groups is 3. The van der Waals surface area contributed by atoms with Crippen LogP contribution in [0.2, 0.25) is 0 Å². The Labute approximate surface area is 774 Å². The number of esters is 2. The first-order valence-electron chi connectivity index (χ1n) is 46.6. The quantitative estimate of drug-likeness (QED) is 0.0330. The minimum Gasteiger partial charge on any atom is -0.465 e. The standard InChI is InChI=1S/C11H16.C10H17NO2S.C9H19NO2.C8H15N3.C8H17NOS.C8H16O2.C8H18.C7H15NO.C7H16O.C7H16S.C7H16.C6H14S2.C4H10/c1-10(2)8-9-11-6-4-3-5-7-11;1-6(2)11-9(12)5-8(10(11)13)14-7(3)4;1-7(2)10-6-5-9(11)12-8(3)4;1-6(2)8-5-11(7(3)4)10-9-8;1-6(2)9-8(10)5-11-7(3)4;1-6(2)5-10-8(9)7(3)4;1-7(2)5-6-8(3)4;1-5(2)7(9)8-6(3)4;2*1-6(2)5-8-7(3)4;1-6(2)5-7(3)4;1-5(2)7-8-6(3)4;1-4(2)3/h3-7,10H,8-9H2,1-2H3;6-8H,5H2,1-4H3;7-8,10H,5-6H2,1-4H3;5-7H,1-4H3;6-7H,5H2,1-4H3,(H,9,10);6-7H,5H2,1-4H3;7-8H,5-6H2,1-4H3;5-6H,1-4H3,(H,8,9);2*6-7H,5H2,1-4H3;6-7H,5H2,1-4H3;5-6H,1-4H3;4H,1-3H3. The molecule has 4 amide bonds. The summed E-state index contributed by atoms with van der Waals surface area (Å²) in [6, 6.07) is 12.0. The van der Waals surface area contributed by atoms with Gasteiger partial charge in [0.2, 0.25) is 23.6 Å². The van der Waals surface area contributed by atoms with E-state index in [2.05, 4.69) is 271 Å². The van der Waals surface area contributed by atoms with Crippen LogP contribution in [-0.2, 0) is 49.4 Å². The zero-order chi connectivity index (χ0) is 97.1. The fraction of sp³-hybridized carbons (Fsp3) is 0.860. The van der Waals surface area contributed by atoms with Gasteiger partial charge in [0.25, 0.3) is 0 Å². The number of hydrogen-bond donors (Lipinski definition) is 3. The van der Waals surface area contributed by atoms with E-state index in [1.54, 1.807) is 23.5 Å². The third-order valence-corrected chi connectivity index (χ3v) is 21.4. The lowest BCUT2D eigenvalue weighted by molar-refractivity contribution is -0.148. The van der Waals surface area contributed by atoms with Gasteiger partial charge in [-0.3, -0.25) is 33.7 Å². The minimum absolute atomic E-state index is 0.00116. The second-order valence-corrected chi connectivity index (χ2v) is 47.7. The van der Waals surface area contributed by atoms with E-state index in [4.69, 9.17) is 14.2 Å². The van der Waals surface area contributed by atoms with Gasteiger partial charge >= 0.3 is 11.9 Å². The van der Waals surface area contributed by atoms with E-state index in [9.17, 15) is 28.8 Å². The molecule has 1 atom stereocenters. The second kappa shape index (κ2) is 89.0. The first-order chi connectivity index (χ1) is 55.3. The highest BCUT2D eigenvalue weighted by Gasteiger charge is 2.40. The maximum Gasteiger partial charge on any atom is 0.308 e. The highest BCUT2D eigenvalue weighted by Crippen LogP contribution is 2.31. The van der Waals surface area contributed by atoms with Crippen LogP contribution in [0.4, 0.5) is 0 Å². The molecular weight excluding hydrogens is 1600 g/mol. The maximum absolute atomic E-state index is 11.8. The van der Waals surface area contributed by atoms with Gasteiger partial charge in [-0.1, -0.05) is 326 Å². The van der Waals surface area contributed by atoms with E-state index < -0.39 is 0 Å². The van der Waals surface area contributed by atoms with Crippen LogP contribution >= 0.6 is 56.9 Å². The first-order valence-corrected chi connectivity index (χ1v) is 52.0. The predicted octanol–water partition coefficient (Wildman–Crippen LogP) is 28.4. The molecule has 1 unspecified atom stereocenters. The van der Waals surface area contributed by atoms with Crippen LogP contribution < -0.4 is 16.0 Å². The van der Waals surface area contributed by atoms with Gasteiger partial charge in [-0.25, -0.2) is 4.68 Å². The number of amides is 4. The number of rotatable bonds is 36. The van der Waals surface area contributed by atoms with E-state index in [1.807, 2.05) is 169 Å². The van der Waals surface area contributed by atoms with Gasteiger partial charge in [-0.2, -0.15) is 11.8 Å². The molecule has 2 heterocycles. The molecule has 1 fully saturated rings. The molecule has 3 N–H and O–H groups in total. The lowest BCUT2D eigenvalue weighted by Gasteiger charge is -2.19. The smallest absolute Gasteiger partial charge is 0.308 e. The Morgan fingerprint density at radius 3 is 1.18 bits per heavy atom. The summed E-state index contributed by atoms with van der Waals surface area (Å²) in [7, 11) is 3.91. The van der Waals surface area contributed by atoms with Crippen molar-refractivity contribution in [3.63, 3.8) is 0 Å². The molecule has 0 radical (unpaired) electrons. The SMILES string of the molecule is CC(C)C.CC(C)CC(C)C.CC(C)CCC(C)C.CC(C)CCc1ccccc1.CC(C)COC(=O)C(C)C.CC(C)COC(C)C.CC(C)CSC(C)C.CC(C)NC(=O)C(C)C.CC(C)NC(=O)CSC(C)C.CC(C)NCCC(=O)OC(C)C.CC(C)SC1CC(=O)N(C(C)C)C1=O.CC(C)SSC(C)C.CC(C)c1cn(C(C)C)nn1. The molecule has 21 heteroatoms. The van der Waals surface area contributed by atoms with Crippen molar-refractivity contribution < 1.29 is 43.0 Å². The van der Waals surface area contributed by atoms with Crippen LogP contribution in [-0.4, -0.2) is 155 Å². The molecule has 16 nitrogen and oxygen atoms in total. The number of benzene rings is 1. The fourth-order valence-electron chi connectivity index (χ4n) is 8.37. The number of ether oxygens (including phenoxy) is 3. The Bertz CT molecular complexity index is 2480. The molecule has 3 rings (SSSR count). The molecule has 1 aromatic carbocycles. The van der Waals surface area contributed by atoms with Crippen molar-refractivity contribution in [3.8, 4) is 0 Å². The zero-order valence-corrected chi connectivity index (χ0v) is 92.5. The summed E-state index contributed by atoms with van der Waals surface area (Å²) >= 11 is 5.29. The van der Waals surface area contributed by atoms with E-state index in [1.165, 1.54) is 48.3 Å². The number of carbonyl (C=O) groups is 6. The summed E-state index contributed by atoms with van der Waals surface area (Å²) in [4.78, 5) is 68.3. The monoisotopic (exact) mass is 1810 g/mol. The van der Waals surface area contributed by atoms with Crippen molar-refractivity contribution >= 4 is 92.4 Å². The van der Waals surface area contributed by atoms with Crippen LogP contribution in [0.5, 0.6) is 0 Å². The molecule has 0 saturated carbocycles. The molecule has 121 heavy (non-hydrogen) atoms. The van der Waals surface area contributed by atoms with Gasteiger partial charge in [0.1, 0.15) is 0 Å². The minimum atomic E-state index is -0.148. The molecule has 0 bridgehead atoms. The van der Waals surface area contributed by atoms with E-state index in [0.717, 1.165) is 69.5 Å². The molecule has 1 aliphatic heterocycles. The molecule has 2 aromatic rings. The van der Waals surface area contributed by atoms with Gasteiger partial charge in [0, 0.05) is 72.4 Å². The summed E-state index contributed by atoms with van der Waals surface area (Å²) in [6.45, 7) is 105. The van der Waals surface area contributed by atoms with Crippen molar-refractivity contribution in [2.75, 3.05) is 31.3 Å². The number of hydrogen-bond acceptors (Lipinski definition) is 17. The van der Waals surface area contributed by atoms with Crippen LogP contribution in [0.1, 0.15) is 401 Å². The first kappa shape index (κ1) is 139. The molecule has 0 spiro atoms. The van der Waals surface area contributed by atoms with Gasteiger partial charge in [0.05, 0.1) is 47.9 Å². The maximum atomic E-state index is 11.8. The van der Waals surface area contributed by atoms with Gasteiger partial charge in [-0.05, 0) is 189 Å². The van der Waals surface area contributed by atoms with E-state index in [0.29, 0.717) is 78.2 Å². The molecule has 724 valence electrons. The molecule has 1 aromatic heterocycles. The average molecular weight is 1810 g/mol. The third-order valence-electron chi connectivity index (χ3n) is 14.1. The van der Waals surface area contributed by atoms with Gasteiger partial charge in [-0.15, -0.1) is 28.6 Å². The van der Waals surface area contributed by atoms with Crippen molar-refractivity contribution in [2.24, 2.45) is 65.1 Å².